The van der Waals surface area contributed by atoms with Gasteiger partial charge in [-0.15, -0.1) is 11.8 Å². The molecule has 2 heterocycles. The maximum atomic E-state index is 4.78. The van der Waals surface area contributed by atoms with Crippen molar-refractivity contribution in [3.8, 4) is 0 Å². The summed E-state index contributed by atoms with van der Waals surface area (Å²) in [6, 6.07) is 6.95. The summed E-state index contributed by atoms with van der Waals surface area (Å²) in [5.74, 6) is 0. The smallest absolute Gasteiger partial charge is 0.138 e. The fraction of sp³-hybridized carbons (Fsp3) is 0.533. The Bertz CT molecular complexity index is 560. The summed E-state index contributed by atoms with van der Waals surface area (Å²) in [7, 11) is 0. The fourth-order valence-corrected chi connectivity index (χ4v) is 3.08. The first kappa shape index (κ1) is 13.0. The van der Waals surface area contributed by atoms with E-state index in [0.29, 0.717) is 5.25 Å². The number of aromatic nitrogens is 2. The van der Waals surface area contributed by atoms with Crippen LogP contribution < -0.4 is 5.32 Å². The predicted molar refractivity (Wildman–Crippen MR) is 80.7 cm³/mol. The molecule has 2 aromatic rings. The van der Waals surface area contributed by atoms with E-state index in [0.717, 1.165) is 18.2 Å². The maximum Gasteiger partial charge on any atom is 0.138 e. The molecule has 0 amide bonds. The lowest BCUT2D eigenvalue weighted by molar-refractivity contribution is 0.660. The summed E-state index contributed by atoms with van der Waals surface area (Å²) in [5, 5.41) is 5.41. The van der Waals surface area contributed by atoms with Crippen molar-refractivity contribution in [3.05, 3.63) is 30.1 Å². The molecule has 1 aliphatic rings. The van der Waals surface area contributed by atoms with Gasteiger partial charge < -0.3 is 9.72 Å². The molecule has 0 spiro atoms. The number of imidazole rings is 1. The van der Waals surface area contributed by atoms with Gasteiger partial charge in [0.25, 0.3) is 0 Å². The molecule has 0 radical (unpaired) electrons. The third-order valence-corrected chi connectivity index (χ3v) is 4.90. The zero-order chi connectivity index (χ0) is 13.2. The Labute approximate surface area is 118 Å². The second-order valence-electron chi connectivity index (χ2n) is 5.28. The van der Waals surface area contributed by atoms with E-state index in [9.17, 15) is 0 Å². The van der Waals surface area contributed by atoms with Crippen LogP contribution in [-0.2, 0) is 6.54 Å². The molecule has 1 N–H and O–H groups in total. The number of pyridine rings is 1. The molecule has 0 aromatic carbocycles. The summed E-state index contributed by atoms with van der Waals surface area (Å²) in [6.07, 6.45) is 5.94. The Morgan fingerprint density at radius 3 is 3.05 bits per heavy atom. The van der Waals surface area contributed by atoms with Crippen molar-refractivity contribution >= 4 is 17.4 Å². The van der Waals surface area contributed by atoms with Crippen LogP contribution in [0.4, 0.5) is 0 Å². The second kappa shape index (κ2) is 5.55. The van der Waals surface area contributed by atoms with Crippen molar-refractivity contribution in [3.63, 3.8) is 0 Å². The predicted octanol–water partition coefficient (Wildman–Crippen LogP) is 3.48. The number of hydrogen-bond donors (Lipinski definition) is 1. The molecule has 1 unspecified atom stereocenters. The average Bonchev–Trinajstić information content (AvgIpc) is 3.19. The highest BCUT2D eigenvalue weighted by Gasteiger charge is 2.22. The van der Waals surface area contributed by atoms with Crippen molar-refractivity contribution in [2.24, 2.45) is 0 Å². The zero-order valence-electron chi connectivity index (χ0n) is 11.6. The van der Waals surface area contributed by atoms with Gasteiger partial charge in [0.05, 0.1) is 5.69 Å². The Morgan fingerprint density at radius 2 is 2.32 bits per heavy atom. The third-order valence-electron chi connectivity index (χ3n) is 3.62. The lowest BCUT2D eigenvalue weighted by Gasteiger charge is -2.09. The van der Waals surface area contributed by atoms with Crippen molar-refractivity contribution in [1.29, 1.82) is 0 Å². The van der Waals surface area contributed by atoms with Crippen LogP contribution in [0.15, 0.2) is 29.4 Å². The molecule has 2 aromatic heterocycles. The van der Waals surface area contributed by atoms with Crippen LogP contribution in [0.2, 0.25) is 0 Å². The maximum absolute atomic E-state index is 4.78. The summed E-state index contributed by atoms with van der Waals surface area (Å²) >= 11 is 1.90. The molecule has 1 saturated carbocycles. The van der Waals surface area contributed by atoms with Gasteiger partial charge in [-0.05, 0) is 31.4 Å². The summed E-state index contributed by atoms with van der Waals surface area (Å²) in [4.78, 5) is 4.78. The first-order chi connectivity index (χ1) is 9.28. The van der Waals surface area contributed by atoms with Gasteiger partial charge in [-0.25, -0.2) is 4.98 Å². The van der Waals surface area contributed by atoms with Gasteiger partial charge in [-0.1, -0.05) is 19.9 Å². The lowest BCUT2D eigenvalue weighted by Crippen LogP contribution is -2.17. The quantitative estimate of drug-likeness (QED) is 0.818. The minimum atomic E-state index is 0.615. The third kappa shape index (κ3) is 2.95. The van der Waals surface area contributed by atoms with E-state index in [2.05, 4.69) is 48.0 Å². The molecule has 0 saturated heterocycles. The van der Waals surface area contributed by atoms with E-state index in [-0.39, 0.29) is 0 Å². The Morgan fingerprint density at radius 1 is 1.47 bits per heavy atom. The molecule has 4 heteroatoms. The van der Waals surface area contributed by atoms with Gasteiger partial charge in [-0.2, -0.15) is 0 Å². The molecule has 3 rings (SSSR count). The topological polar surface area (TPSA) is 29.3 Å². The standard InChI is InChI=1S/C15H21N3S/c1-3-11(2)19-15-13(10-16-12-7-8-12)18-9-5-4-6-14(18)17-15/h4-6,9,11-12,16H,3,7-8,10H2,1-2H3. The van der Waals surface area contributed by atoms with Gasteiger partial charge in [0, 0.05) is 24.0 Å². The van der Waals surface area contributed by atoms with Crippen LogP contribution >= 0.6 is 11.8 Å². The number of hydrogen-bond acceptors (Lipinski definition) is 3. The Kier molecular flexibility index (Phi) is 3.80. The van der Waals surface area contributed by atoms with Crippen molar-refractivity contribution in [2.45, 2.75) is 56.0 Å². The fourth-order valence-electron chi connectivity index (χ4n) is 2.08. The van der Waals surface area contributed by atoms with E-state index >= 15 is 0 Å². The summed E-state index contributed by atoms with van der Waals surface area (Å²) in [6.45, 7) is 5.43. The average molecular weight is 275 g/mol. The molecule has 0 aliphatic heterocycles. The largest absolute Gasteiger partial charge is 0.308 e. The number of thioether (sulfide) groups is 1. The van der Waals surface area contributed by atoms with E-state index in [1.54, 1.807) is 0 Å². The second-order valence-corrected chi connectivity index (χ2v) is 6.71. The van der Waals surface area contributed by atoms with Gasteiger partial charge in [-0.3, -0.25) is 0 Å². The number of rotatable bonds is 6. The Hall–Kier alpha value is -1.00. The highest BCUT2D eigenvalue weighted by atomic mass is 32.2. The van der Waals surface area contributed by atoms with Gasteiger partial charge in [0.2, 0.25) is 0 Å². The van der Waals surface area contributed by atoms with Crippen LogP contribution in [0.25, 0.3) is 5.65 Å². The Balaban J connectivity index is 1.90. The minimum Gasteiger partial charge on any atom is -0.308 e. The van der Waals surface area contributed by atoms with Crippen molar-refractivity contribution < 1.29 is 0 Å². The van der Waals surface area contributed by atoms with Crippen molar-refractivity contribution in [2.75, 3.05) is 0 Å². The first-order valence-corrected chi connectivity index (χ1v) is 8.02. The van der Waals surface area contributed by atoms with E-state index in [4.69, 9.17) is 4.98 Å². The van der Waals surface area contributed by atoms with E-state index in [1.165, 1.54) is 30.0 Å². The molecule has 0 bridgehead atoms. The van der Waals surface area contributed by atoms with Crippen LogP contribution in [0.1, 0.15) is 38.8 Å². The van der Waals surface area contributed by atoms with Gasteiger partial charge in [0.1, 0.15) is 10.7 Å². The van der Waals surface area contributed by atoms with Crippen LogP contribution in [-0.4, -0.2) is 20.7 Å². The van der Waals surface area contributed by atoms with Crippen molar-refractivity contribution in [1.82, 2.24) is 14.7 Å². The molecule has 1 aliphatic carbocycles. The van der Waals surface area contributed by atoms with Crippen LogP contribution in [0.3, 0.4) is 0 Å². The summed E-state index contributed by atoms with van der Waals surface area (Å²) in [5.41, 5.74) is 2.37. The molecular weight excluding hydrogens is 254 g/mol. The number of fused-ring (bicyclic) bond motifs is 1. The monoisotopic (exact) mass is 275 g/mol. The molecule has 1 fully saturated rings. The zero-order valence-corrected chi connectivity index (χ0v) is 12.4. The molecule has 1 atom stereocenters. The first-order valence-electron chi connectivity index (χ1n) is 7.14. The van der Waals surface area contributed by atoms with Crippen LogP contribution in [0, 0.1) is 0 Å². The summed E-state index contributed by atoms with van der Waals surface area (Å²) < 4.78 is 2.22. The minimum absolute atomic E-state index is 0.615. The molecule has 19 heavy (non-hydrogen) atoms. The highest BCUT2D eigenvalue weighted by Crippen LogP contribution is 2.29. The molecule has 102 valence electrons. The number of nitrogens with zero attached hydrogens (tertiary/aromatic N) is 2. The lowest BCUT2D eigenvalue weighted by atomic mass is 10.4. The van der Waals surface area contributed by atoms with E-state index in [1.807, 2.05) is 11.8 Å². The molecule has 3 nitrogen and oxygen atoms in total. The number of nitrogens with one attached hydrogen (secondary N) is 1. The SMILES string of the molecule is CCC(C)Sc1nc2ccccn2c1CNC1CC1. The van der Waals surface area contributed by atoms with Gasteiger partial charge in [0.15, 0.2) is 0 Å². The normalized spacial score (nSPS) is 16.9. The van der Waals surface area contributed by atoms with Crippen LogP contribution in [0.5, 0.6) is 0 Å². The molecular formula is C15H21N3S. The van der Waals surface area contributed by atoms with E-state index < -0.39 is 0 Å². The highest BCUT2D eigenvalue weighted by molar-refractivity contribution is 7.99. The van der Waals surface area contributed by atoms with Gasteiger partial charge >= 0.3 is 0 Å².